The molecule has 0 saturated heterocycles. The molecule has 0 radical (unpaired) electrons. The molecule has 0 unspecified atom stereocenters. The zero-order chi connectivity index (χ0) is 16.3. The smallest absolute Gasteiger partial charge is 0.306 e. The Kier molecular flexibility index (Phi) is 4.56. The number of nitrogens with zero attached hydrogens (tertiary/aromatic N) is 1. The fourth-order valence-corrected chi connectivity index (χ4v) is 1.77. The second-order valence-electron chi connectivity index (χ2n) is 4.49. The molecule has 0 bridgehead atoms. The first-order chi connectivity index (χ1) is 10.3. The molecule has 22 heavy (non-hydrogen) atoms. The number of alkyl halides is 3. The van der Waals surface area contributed by atoms with Gasteiger partial charge in [-0.1, -0.05) is 17.7 Å². The summed E-state index contributed by atoms with van der Waals surface area (Å²) >= 11 is 5.79. The lowest BCUT2D eigenvalue weighted by Crippen LogP contribution is -2.20. The van der Waals surface area contributed by atoms with E-state index in [-0.39, 0.29) is 16.5 Å². The van der Waals surface area contributed by atoms with Gasteiger partial charge in [-0.3, -0.25) is 5.32 Å². The van der Waals surface area contributed by atoms with Gasteiger partial charge in [-0.05, 0) is 36.8 Å². The number of hydrogen-bond acceptors (Lipinski definition) is 2. The minimum atomic E-state index is -4.52. The van der Waals surface area contributed by atoms with Crippen molar-refractivity contribution in [1.82, 2.24) is 4.98 Å². The standard InChI is InChI=1S/C14H11ClF3N3O/c1-8-2-5-12(19-7-8)21-13(22)20-11-6-9(14(16,17)18)3-4-10(11)15/h2-7H,1H3,(H2,19,20,21,22). The van der Waals surface area contributed by atoms with Crippen LogP contribution in [0.2, 0.25) is 5.02 Å². The van der Waals surface area contributed by atoms with Crippen LogP contribution in [0.4, 0.5) is 29.5 Å². The van der Waals surface area contributed by atoms with E-state index < -0.39 is 17.8 Å². The number of nitrogens with one attached hydrogen (secondary N) is 2. The van der Waals surface area contributed by atoms with Crippen molar-refractivity contribution in [3.05, 3.63) is 52.7 Å². The van der Waals surface area contributed by atoms with Crippen LogP contribution in [0.3, 0.4) is 0 Å². The highest BCUT2D eigenvalue weighted by Gasteiger charge is 2.31. The number of pyridine rings is 1. The molecule has 0 atom stereocenters. The van der Waals surface area contributed by atoms with E-state index in [1.165, 1.54) is 0 Å². The Morgan fingerprint density at radius 1 is 1.18 bits per heavy atom. The second kappa shape index (κ2) is 6.23. The van der Waals surface area contributed by atoms with Crippen LogP contribution in [0.25, 0.3) is 0 Å². The number of hydrogen-bond donors (Lipinski definition) is 2. The zero-order valence-electron chi connectivity index (χ0n) is 11.3. The zero-order valence-corrected chi connectivity index (χ0v) is 12.1. The first-order valence-electron chi connectivity index (χ1n) is 6.13. The van der Waals surface area contributed by atoms with Crippen LogP contribution in [0.1, 0.15) is 11.1 Å². The number of halogens is 4. The monoisotopic (exact) mass is 329 g/mol. The molecule has 1 aromatic carbocycles. The largest absolute Gasteiger partial charge is 0.416 e. The topological polar surface area (TPSA) is 54.0 Å². The molecule has 0 fully saturated rings. The van der Waals surface area contributed by atoms with Crippen LogP contribution in [-0.4, -0.2) is 11.0 Å². The first kappa shape index (κ1) is 16.1. The summed E-state index contributed by atoms with van der Waals surface area (Å²) in [6.45, 7) is 1.83. The Morgan fingerprint density at radius 2 is 1.91 bits per heavy atom. The second-order valence-corrected chi connectivity index (χ2v) is 4.90. The molecule has 2 rings (SSSR count). The van der Waals surface area contributed by atoms with Gasteiger partial charge in [0.05, 0.1) is 16.3 Å². The van der Waals surface area contributed by atoms with Crippen molar-refractivity contribution in [3.63, 3.8) is 0 Å². The minimum absolute atomic E-state index is 0.0000142. The molecule has 0 aliphatic carbocycles. The summed E-state index contributed by atoms with van der Waals surface area (Å²) in [7, 11) is 0. The molecule has 1 aromatic heterocycles. The molecule has 0 saturated carbocycles. The number of anilines is 2. The normalized spacial score (nSPS) is 11.1. The summed E-state index contributed by atoms with van der Waals surface area (Å²) in [4.78, 5) is 15.7. The highest BCUT2D eigenvalue weighted by molar-refractivity contribution is 6.33. The number of urea groups is 1. The first-order valence-corrected chi connectivity index (χ1v) is 6.51. The Balaban J connectivity index is 2.12. The molecule has 2 aromatic rings. The summed E-state index contributed by atoms with van der Waals surface area (Å²) in [6.07, 6.45) is -2.97. The Hall–Kier alpha value is -2.28. The maximum absolute atomic E-state index is 12.6. The Bertz CT molecular complexity index is 687. The van der Waals surface area contributed by atoms with Gasteiger partial charge < -0.3 is 5.32 Å². The molecule has 2 N–H and O–H groups in total. The van der Waals surface area contributed by atoms with E-state index in [2.05, 4.69) is 15.6 Å². The molecular weight excluding hydrogens is 319 g/mol. The third kappa shape index (κ3) is 4.11. The summed E-state index contributed by atoms with van der Waals surface area (Å²) in [5.41, 5.74) is -0.131. The summed E-state index contributed by atoms with van der Waals surface area (Å²) in [5, 5.41) is 4.67. The summed E-state index contributed by atoms with van der Waals surface area (Å²) in [5.74, 6) is 0.270. The van der Waals surface area contributed by atoms with Crippen molar-refractivity contribution in [3.8, 4) is 0 Å². The van der Waals surface area contributed by atoms with Gasteiger partial charge in [-0.25, -0.2) is 9.78 Å². The number of aryl methyl sites for hydroxylation is 1. The SMILES string of the molecule is Cc1ccc(NC(=O)Nc2cc(C(F)(F)F)ccc2Cl)nc1. The van der Waals surface area contributed by atoms with Crippen molar-refractivity contribution < 1.29 is 18.0 Å². The van der Waals surface area contributed by atoms with Gasteiger partial charge in [0.25, 0.3) is 0 Å². The van der Waals surface area contributed by atoms with Gasteiger partial charge in [-0.15, -0.1) is 0 Å². The van der Waals surface area contributed by atoms with Crippen LogP contribution >= 0.6 is 11.6 Å². The predicted molar refractivity (Wildman–Crippen MR) is 78.1 cm³/mol. The lowest BCUT2D eigenvalue weighted by Gasteiger charge is -2.12. The molecule has 1 heterocycles. The molecule has 8 heteroatoms. The van der Waals surface area contributed by atoms with Crippen LogP contribution in [0.5, 0.6) is 0 Å². The average molecular weight is 330 g/mol. The minimum Gasteiger partial charge on any atom is -0.306 e. The third-order valence-corrected chi connectivity index (χ3v) is 3.02. The van der Waals surface area contributed by atoms with Crippen LogP contribution in [0, 0.1) is 6.92 Å². The van der Waals surface area contributed by atoms with Gasteiger partial charge in [0.2, 0.25) is 0 Å². The number of benzene rings is 1. The summed E-state index contributed by atoms with van der Waals surface area (Å²) in [6, 6.07) is 5.25. The maximum atomic E-state index is 12.6. The Morgan fingerprint density at radius 3 is 2.50 bits per heavy atom. The van der Waals surface area contributed by atoms with E-state index in [0.29, 0.717) is 0 Å². The molecule has 0 aliphatic rings. The van der Waals surface area contributed by atoms with Crippen LogP contribution in [-0.2, 0) is 6.18 Å². The fourth-order valence-electron chi connectivity index (χ4n) is 1.61. The maximum Gasteiger partial charge on any atom is 0.416 e. The van der Waals surface area contributed by atoms with Gasteiger partial charge in [-0.2, -0.15) is 13.2 Å². The fraction of sp³-hybridized carbons (Fsp3) is 0.143. The van der Waals surface area contributed by atoms with Crippen LogP contribution in [0.15, 0.2) is 36.5 Å². The molecular formula is C14H11ClF3N3O. The molecule has 0 aliphatic heterocycles. The van der Waals surface area contributed by atoms with Crippen molar-refractivity contribution in [2.75, 3.05) is 10.6 Å². The average Bonchev–Trinajstić information content (AvgIpc) is 2.42. The predicted octanol–water partition coefficient (Wildman–Crippen LogP) is 4.71. The van der Waals surface area contributed by atoms with Crippen molar-refractivity contribution in [2.45, 2.75) is 13.1 Å². The highest BCUT2D eigenvalue weighted by atomic mass is 35.5. The van der Waals surface area contributed by atoms with Crippen LogP contribution < -0.4 is 10.6 Å². The number of aromatic nitrogens is 1. The van der Waals surface area contributed by atoms with E-state index in [1.54, 1.807) is 18.3 Å². The number of rotatable bonds is 2. The molecule has 2 amide bonds. The van der Waals surface area contributed by atoms with E-state index in [0.717, 1.165) is 23.8 Å². The van der Waals surface area contributed by atoms with E-state index in [9.17, 15) is 18.0 Å². The lowest BCUT2D eigenvalue weighted by molar-refractivity contribution is -0.137. The molecule has 116 valence electrons. The molecule has 4 nitrogen and oxygen atoms in total. The van der Waals surface area contributed by atoms with Gasteiger partial charge >= 0.3 is 12.2 Å². The highest BCUT2D eigenvalue weighted by Crippen LogP contribution is 2.33. The Labute approximate surface area is 129 Å². The van der Waals surface area contributed by atoms with E-state index in [1.807, 2.05) is 6.92 Å². The van der Waals surface area contributed by atoms with Crippen molar-refractivity contribution in [2.24, 2.45) is 0 Å². The number of carbonyl (C=O) groups excluding carboxylic acids is 1. The lowest BCUT2D eigenvalue weighted by atomic mass is 10.2. The van der Waals surface area contributed by atoms with Crippen molar-refractivity contribution in [1.29, 1.82) is 0 Å². The van der Waals surface area contributed by atoms with Gasteiger partial charge in [0, 0.05) is 6.20 Å². The van der Waals surface area contributed by atoms with Gasteiger partial charge in [0.15, 0.2) is 0 Å². The van der Waals surface area contributed by atoms with Gasteiger partial charge in [0.1, 0.15) is 5.82 Å². The van der Waals surface area contributed by atoms with E-state index in [4.69, 9.17) is 11.6 Å². The summed E-state index contributed by atoms with van der Waals surface area (Å²) < 4.78 is 37.9. The van der Waals surface area contributed by atoms with E-state index >= 15 is 0 Å². The third-order valence-electron chi connectivity index (χ3n) is 2.69. The molecule has 0 spiro atoms. The number of carbonyl (C=O) groups is 1. The van der Waals surface area contributed by atoms with Crippen molar-refractivity contribution >= 4 is 29.1 Å². The number of amides is 2. The quantitative estimate of drug-likeness (QED) is 0.838.